The molecule has 0 saturated heterocycles. The minimum absolute atomic E-state index is 0.0370. The Balaban J connectivity index is 2.16. The van der Waals surface area contributed by atoms with Gasteiger partial charge < -0.3 is 26.3 Å². The van der Waals surface area contributed by atoms with Crippen molar-refractivity contribution in [3.63, 3.8) is 0 Å². The van der Waals surface area contributed by atoms with Crippen LogP contribution in [0.15, 0.2) is 23.2 Å². The number of nitrogen functional groups attached to an aromatic ring is 2. The number of hydrogen-bond acceptors (Lipinski definition) is 11. The average Bonchev–Trinajstić information content (AvgIpc) is 2.74. The number of anilines is 3. The first kappa shape index (κ1) is 22.2. The van der Waals surface area contributed by atoms with E-state index in [0.717, 1.165) is 0 Å². The molecule has 0 spiro atoms. The summed E-state index contributed by atoms with van der Waals surface area (Å²) in [7, 11) is 0. The zero-order valence-corrected chi connectivity index (χ0v) is 17.8. The summed E-state index contributed by atoms with van der Waals surface area (Å²) in [6.45, 7) is 5.60. The molecule has 1 aliphatic heterocycles. The number of nitrogens with two attached hydrogens (primary N) is 2. The molecule has 3 rings (SSSR count). The van der Waals surface area contributed by atoms with Crippen LogP contribution in [0.3, 0.4) is 0 Å². The summed E-state index contributed by atoms with van der Waals surface area (Å²) in [5.41, 5.74) is 13.3. The number of rotatable bonds is 5. The highest BCUT2D eigenvalue weighted by molar-refractivity contribution is 5.98. The normalized spacial score (nSPS) is 14.3. The lowest BCUT2D eigenvalue weighted by atomic mass is 9.95. The van der Waals surface area contributed by atoms with E-state index in [1.165, 1.54) is 0 Å². The van der Waals surface area contributed by atoms with Crippen molar-refractivity contribution in [3.05, 3.63) is 34.9 Å². The van der Waals surface area contributed by atoms with E-state index in [1.54, 1.807) is 45.2 Å². The first-order valence-electron chi connectivity index (χ1n) is 9.77. The lowest BCUT2D eigenvalue weighted by Gasteiger charge is -2.26. The van der Waals surface area contributed by atoms with E-state index in [2.05, 4.69) is 20.6 Å². The largest absolute Gasteiger partial charge is 0.490 e. The van der Waals surface area contributed by atoms with Gasteiger partial charge in [0.25, 0.3) is 0 Å². The fraction of sp³-hybridized carbons (Fsp3) is 0.286. The number of carbonyl (C=O) groups excluding carboxylic acids is 1. The second-order valence-corrected chi connectivity index (χ2v) is 7.12. The lowest BCUT2D eigenvalue weighted by Crippen LogP contribution is -2.32. The van der Waals surface area contributed by atoms with E-state index in [9.17, 15) is 10.1 Å². The molecule has 164 valence electrons. The number of aromatic nitrogens is 1. The number of guanidine groups is 1. The molecule has 0 radical (unpaired) electrons. The van der Waals surface area contributed by atoms with Gasteiger partial charge >= 0.3 is 5.97 Å². The molecule has 1 aliphatic rings. The Labute approximate surface area is 184 Å². The van der Waals surface area contributed by atoms with Crippen LogP contribution in [0.4, 0.5) is 17.3 Å². The van der Waals surface area contributed by atoms with Crippen LogP contribution in [0.25, 0.3) is 0 Å². The fourth-order valence-corrected chi connectivity index (χ4v) is 3.10. The molecule has 32 heavy (non-hydrogen) atoms. The molecule has 1 unspecified atom stereocenters. The number of hydrogen-bond donors (Lipinski definition) is 4. The van der Waals surface area contributed by atoms with Gasteiger partial charge in [0.05, 0.1) is 18.2 Å². The Morgan fingerprint density at radius 3 is 2.69 bits per heavy atom. The van der Waals surface area contributed by atoms with Crippen molar-refractivity contribution >= 4 is 29.3 Å². The Morgan fingerprint density at radius 1 is 1.31 bits per heavy atom. The van der Waals surface area contributed by atoms with Crippen molar-refractivity contribution in [3.8, 4) is 23.8 Å². The van der Waals surface area contributed by atoms with E-state index in [1.807, 2.05) is 6.07 Å². The molecule has 0 fully saturated rings. The highest BCUT2D eigenvalue weighted by Crippen LogP contribution is 2.42. The van der Waals surface area contributed by atoms with Crippen molar-refractivity contribution in [2.45, 2.75) is 26.8 Å². The number of nitriles is 2. The molecule has 0 amide bonds. The fourth-order valence-electron chi connectivity index (χ4n) is 3.10. The predicted octanol–water partition coefficient (Wildman–Crippen LogP) is 2.02. The van der Waals surface area contributed by atoms with Gasteiger partial charge in [-0.05, 0) is 24.6 Å². The van der Waals surface area contributed by atoms with Gasteiger partial charge in [-0.1, -0.05) is 19.9 Å². The van der Waals surface area contributed by atoms with Gasteiger partial charge in [0.15, 0.2) is 17.7 Å². The van der Waals surface area contributed by atoms with E-state index in [4.69, 9.17) is 26.2 Å². The molecule has 0 saturated carbocycles. The third kappa shape index (κ3) is 4.18. The van der Waals surface area contributed by atoms with Crippen LogP contribution in [0.5, 0.6) is 11.5 Å². The van der Waals surface area contributed by atoms with Crippen LogP contribution < -0.4 is 31.6 Å². The molecule has 0 bridgehead atoms. The molecule has 1 aromatic heterocycles. The molecule has 1 atom stereocenters. The van der Waals surface area contributed by atoms with Crippen LogP contribution in [0.2, 0.25) is 0 Å². The van der Waals surface area contributed by atoms with Gasteiger partial charge in [-0.15, -0.1) is 0 Å². The number of pyridine rings is 1. The van der Waals surface area contributed by atoms with Gasteiger partial charge in [0.2, 0.25) is 5.96 Å². The smallest absolute Gasteiger partial charge is 0.313 e. The monoisotopic (exact) mass is 434 g/mol. The second-order valence-electron chi connectivity index (χ2n) is 7.12. The number of benzene rings is 1. The van der Waals surface area contributed by atoms with Gasteiger partial charge in [-0.25, -0.2) is 9.98 Å². The van der Waals surface area contributed by atoms with Crippen molar-refractivity contribution in [1.29, 1.82) is 10.5 Å². The Bertz CT molecular complexity index is 1180. The summed E-state index contributed by atoms with van der Waals surface area (Å²) in [6, 6.07) is 6.18. The number of aliphatic imine (C=N–C) groups is 1. The summed E-state index contributed by atoms with van der Waals surface area (Å²) in [4.78, 5) is 20.8. The highest BCUT2D eigenvalue weighted by atomic mass is 16.6. The maximum atomic E-state index is 12.1. The topological polar surface area (TPSA) is 184 Å². The van der Waals surface area contributed by atoms with Crippen molar-refractivity contribution in [1.82, 2.24) is 10.3 Å². The van der Waals surface area contributed by atoms with E-state index >= 15 is 0 Å². The second kappa shape index (κ2) is 9.10. The van der Waals surface area contributed by atoms with Crippen LogP contribution in [-0.4, -0.2) is 23.5 Å². The van der Waals surface area contributed by atoms with Crippen molar-refractivity contribution < 1.29 is 14.3 Å². The van der Waals surface area contributed by atoms with Gasteiger partial charge in [-0.3, -0.25) is 10.1 Å². The van der Waals surface area contributed by atoms with Crippen molar-refractivity contribution in [2.75, 3.05) is 23.4 Å². The maximum absolute atomic E-state index is 12.1. The van der Waals surface area contributed by atoms with Gasteiger partial charge in [0.1, 0.15) is 29.3 Å². The third-order valence-electron chi connectivity index (χ3n) is 4.62. The highest BCUT2D eigenvalue weighted by Gasteiger charge is 2.30. The van der Waals surface area contributed by atoms with Crippen LogP contribution in [-0.2, 0) is 4.79 Å². The number of fused-ring (bicyclic) bond motifs is 1. The molecule has 2 heterocycles. The molecule has 11 heteroatoms. The van der Waals surface area contributed by atoms with Crippen molar-refractivity contribution in [2.24, 2.45) is 10.9 Å². The third-order valence-corrected chi connectivity index (χ3v) is 4.62. The predicted molar refractivity (Wildman–Crippen MR) is 118 cm³/mol. The van der Waals surface area contributed by atoms with E-state index < -0.39 is 12.0 Å². The Hall–Kier alpha value is -4.51. The van der Waals surface area contributed by atoms with Crippen LogP contribution in [0.1, 0.15) is 43.5 Å². The average molecular weight is 434 g/mol. The molecule has 11 nitrogen and oxygen atoms in total. The number of nitrogens with zero attached hydrogens (tertiary/aromatic N) is 4. The standard InChI is InChI=1S/C21H22N8O3/c1-4-31-14-7-11(5-6-13(14)32-20(30)10(2)3)17-15-16(24)12(8-22)18(25)28-19(15)29-21(27-17)26-9-23/h5-7,10,17H,4H2,1-3H3,(H6,24,25,26,27,28,29). The Morgan fingerprint density at radius 2 is 2.06 bits per heavy atom. The number of carbonyl (C=O) groups is 1. The first-order chi connectivity index (χ1) is 15.3. The molecular formula is C21H22N8O3. The first-order valence-corrected chi connectivity index (χ1v) is 9.77. The molecule has 0 aliphatic carbocycles. The zero-order valence-electron chi connectivity index (χ0n) is 17.8. The summed E-state index contributed by atoms with van der Waals surface area (Å²) < 4.78 is 11.1. The molecule has 6 N–H and O–H groups in total. The summed E-state index contributed by atoms with van der Waals surface area (Å²) >= 11 is 0. The molecular weight excluding hydrogens is 412 g/mol. The quantitative estimate of drug-likeness (QED) is 0.235. The minimum atomic E-state index is -0.739. The summed E-state index contributed by atoms with van der Waals surface area (Å²) in [6.07, 6.45) is 1.80. The summed E-state index contributed by atoms with van der Waals surface area (Å²) in [5.74, 6) is 0.256. The lowest BCUT2D eigenvalue weighted by molar-refractivity contribution is -0.137. The Kier molecular flexibility index (Phi) is 6.31. The molecule has 1 aromatic carbocycles. The van der Waals surface area contributed by atoms with E-state index in [0.29, 0.717) is 23.5 Å². The minimum Gasteiger partial charge on any atom is -0.490 e. The van der Waals surface area contributed by atoms with E-state index in [-0.39, 0.29) is 40.5 Å². The van der Waals surface area contributed by atoms with Gasteiger partial charge in [-0.2, -0.15) is 10.5 Å². The van der Waals surface area contributed by atoms with Crippen LogP contribution >= 0.6 is 0 Å². The summed E-state index contributed by atoms with van der Waals surface area (Å²) in [5, 5.41) is 23.8. The number of ether oxygens (including phenoxy) is 2. The zero-order chi connectivity index (χ0) is 23.4. The maximum Gasteiger partial charge on any atom is 0.313 e. The van der Waals surface area contributed by atoms with Gasteiger partial charge in [0, 0.05) is 5.56 Å². The number of nitrogens with one attached hydrogen (secondary N) is 2. The SMILES string of the molecule is CCOc1cc(C2N=C(NC#N)Nc3nc(N)c(C#N)c(N)c32)ccc1OC(=O)C(C)C. The number of esters is 1. The molecule has 2 aromatic rings. The van der Waals surface area contributed by atoms with Crippen LogP contribution in [0, 0.1) is 28.7 Å².